The SMILES string of the molecule is Cc1cc(N2C(=O)C[C@@H]3CS(=O)(=O)C[C@H]32)ccc1N1CCCC1=O. The largest absolute Gasteiger partial charge is 0.312 e. The van der Waals surface area contributed by atoms with Gasteiger partial charge in [0, 0.05) is 36.7 Å². The summed E-state index contributed by atoms with van der Waals surface area (Å²) >= 11 is 0. The molecule has 0 saturated carbocycles. The molecular weight excluding hydrogens is 328 g/mol. The summed E-state index contributed by atoms with van der Waals surface area (Å²) < 4.78 is 23.8. The molecule has 0 spiro atoms. The van der Waals surface area contributed by atoms with Gasteiger partial charge < -0.3 is 9.80 Å². The molecule has 0 aromatic heterocycles. The fourth-order valence-electron chi connectivity index (χ4n) is 4.22. The van der Waals surface area contributed by atoms with Gasteiger partial charge in [-0.2, -0.15) is 0 Å². The van der Waals surface area contributed by atoms with Gasteiger partial charge in [0.25, 0.3) is 0 Å². The number of nitrogens with zero attached hydrogens (tertiary/aromatic N) is 2. The molecule has 0 bridgehead atoms. The fourth-order valence-corrected chi connectivity index (χ4v) is 6.29. The van der Waals surface area contributed by atoms with E-state index in [4.69, 9.17) is 0 Å². The topological polar surface area (TPSA) is 74.8 Å². The van der Waals surface area contributed by atoms with Crippen LogP contribution >= 0.6 is 0 Å². The van der Waals surface area contributed by atoms with Crippen LogP contribution in [-0.4, -0.2) is 44.3 Å². The minimum atomic E-state index is -3.06. The third kappa shape index (κ3) is 2.42. The van der Waals surface area contributed by atoms with Crippen LogP contribution in [0.5, 0.6) is 0 Å². The number of hydrogen-bond acceptors (Lipinski definition) is 4. The summed E-state index contributed by atoms with van der Waals surface area (Å²) in [5, 5.41) is 0. The van der Waals surface area contributed by atoms with Crippen molar-refractivity contribution in [1.29, 1.82) is 0 Å². The summed E-state index contributed by atoms with van der Waals surface area (Å²) in [5.41, 5.74) is 2.54. The van der Waals surface area contributed by atoms with Crippen molar-refractivity contribution in [2.24, 2.45) is 5.92 Å². The maximum atomic E-state index is 12.4. The van der Waals surface area contributed by atoms with Gasteiger partial charge in [-0.25, -0.2) is 8.42 Å². The number of aryl methyl sites for hydroxylation is 1. The van der Waals surface area contributed by atoms with Crippen molar-refractivity contribution in [3.8, 4) is 0 Å². The first-order chi connectivity index (χ1) is 11.4. The van der Waals surface area contributed by atoms with Crippen molar-refractivity contribution in [1.82, 2.24) is 0 Å². The van der Waals surface area contributed by atoms with E-state index in [1.165, 1.54) is 0 Å². The Hall–Kier alpha value is -1.89. The molecule has 1 aromatic rings. The Morgan fingerprint density at radius 2 is 1.92 bits per heavy atom. The van der Waals surface area contributed by atoms with Crippen molar-refractivity contribution in [2.75, 3.05) is 27.9 Å². The van der Waals surface area contributed by atoms with Gasteiger partial charge in [0.1, 0.15) is 0 Å². The summed E-state index contributed by atoms with van der Waals surface area (Å²) in [6, 6.07) is 5.35. The number of anilines is 2. The predicted octanol–water partition coefficient (Wildman–Crippen LogP) is 1.27. The maximum absolute atomic E-state index is 12.4. The Bertz CT molecular complexity index is 833. The number of fused-ring (bicyclic) bond motifs is 1. The Kier molecular flexibility index (Phi) is 3.46. The smallest absolute Gasteiger partial charge is 0.227 e. The second-order valence-electron chi connectivity index (χ2n) is 6.99. The van der Waals surface area contributed by atoms with Gasteiger partial charge in [0.15, 0.2) is 9.84 Å². The first kappa shape index (κ1) is 15.6. The van der Waals surface area contributed by atoms with Crippen LogP contribution in [0.15, 0.2) is 18.2 Å². The molecular formula is C17H20N2O4S. The highest BCUT2D eigenvalue weighted by Gasteiger charge is 2.49. The lowest BCUT2D eigenvalue weighted by Gasteiger charge is -2.25. The van der Waals surface area contributed by atoms with E-state index in [9.17, 15) is 18.0 Å². The molecule has 0 unspecified atom stereocenters. The third-order valence-electron chi connectivity index (χ3n) is 5.30. The molecule has 3 fully saturated rings. The van der Waals surface area contributed by atoms with Crippen LogP contribution in [-0.2, 0) is 19.4 Å². The van der Waals surface area contributed by atoms with E-state index >= 15 is 0 Å². The van der Waals surface area contributed by atoms with E-state index in [-0.39, 0.29) is 35.3 Å². The number of benzene rings is 1. The molecule has 24 heavy (non-hydrogen) atoms. The molecule has 4 rings (SSSR count). The van der Waals surface area contributed by atoms with Gasteiger partial charge in [-0.15, -0.1) is 0 Å². The molecule has 2 amide bonds. The Balaban J connectivity index is 1.66. The highest BCUT2D eigenvalue weighted by atomic mass is 32.2. The molecule has 128 valence electrons. The van der Waals surface area contributed by atoms with Crippen molar-refractivity contribution in [3.05, 3.63) is 23.8 Å². The molecule has 1 aromatic carbocycles. The first-order valence-electron chi connectivity index (χ1n) is 8.29. The molecule has 3 heterocycles. The summed E-state index contributed by atoms with van der Waals surface area (Å²) in [7, 11) is -3.06. The number of sulfone groups is 1. The van der Waals surface area contributed by atoms with E-state index in [0.717, 1.165) is 29.9 Å². The quantitative estimate of drug-likeness (QED) is 0.807. The second kappa shape index (κ2) is 5.31. The van der Waals surface area contributed by atoms with Gasteiger partial charge >= 0.3 is 0 Å². The minimum absolute atomic E-state index is 0.00991. The van der Waals surface area contributed by atoms with Gasteiger partial charge in [-0.1, -0.05) is 0 Å². The monoisotopic (exact) mass is 348 g/mol. The Morgan fingerprint density at radius 3 is 2.58 bits per heavy atom. The van der Waals surface area contributed by atoms with Crippen molar-refractivity contribution in [3.63, 3.8) is 0 Å². The first-order valence-corrected chi connectivity index (χ1v) is 10.1. The Morgan fingerprint density at radius 1 is 1.12 bits per heavy atom. The molecule has 0 aliphatic carbocycles. The van der Waals surface area contributed by atoms with E-state index in [1.54, 1.807) is 9.80 Å². The molecule has 3 aliphatic rings. The molecule has 3 aliphatic heterocycles. The van der Waals surface area contributed by atoms with Crippen molar-refractivity contribution in [2.45, 2.75) is 32.2 Å². The van der Waals surface area contributed by atoms with Crippen LogP contribution in [0.3, 0.4) is 0 Å². The lowest BCUT2D eigenvalue weighted by atomic mass is 10.0. The highest BCUT2D eigenvalue weighted by molar-refractivity contribution is 7.91. The number of carbonyl (C=O) groups is 2. The van der Waals surface area contributed by atoms with E-state index in [1.807, 2.05) is 25.1 Å². The lowest BCUT2D eigenvalue weighted by molar-refractivity contribution is -0.118. The van der Waals surface area contributed by atoms with E-state index < -0.39 is 9.84 Å². The van der Waals surface area contributed by atoms with Gasteiger partial charge in [-0.05, 0) is 37.1 Å². The minimum Gasteiger partial charge on any atom is -0.312 e. The molecule has 6 nitrogen and oxygen atoms in total. The van der Waals surface area contributed by atoms with Crippen LogP contribution in [0.2, 0.25) is 0 Å². The summed E-state index contributed by atoms with van der Waals surface area (Å²) in [6.45, 7) is 2.65. The lowest BCUT2D eigenvalue weighted by Crippen LogP contribution is -2.36. The normalized spacial score (nSPS) is 28.7. The van der Waals surface area contributed by atoms with Crippen LogP contribution in [0, 0.1) is 12.8 Å². The van der Waals surface area contributed by atoms with Crippen LogP contribution in [0.25, 0.3) is 0 Å². The van der Waals surface area contributed by atoms with E-state index in [2.05, 4.69) is 0 Å². The number of carbonyl (C=O) groups excluding carboxylic acids is 2. The average molecular weight is 348 g/mol. The van der Waals surface area contributed by atoms with Gasteiger partial charge in [0.05, 0.1) is 17.5 Å². The average Bonchev–Trinajstić information content (AvgIpc) is 3.10. The molecule has 7 heteroatoms. The summed E-state index contributed by atoms with van der Waals surface area (Å²) in [4.78, 5) is 27.7. The summed E-state index contributed by atoms with van der Waals surface area (Å²) in [5.74, 6) is 0.186. The maximum Gasteiger partial charge on any atom is 0.227 e. The van der Waals surface area contributed by atoms with Crippen molar-refractivity contribution >= 4 is 33.0 Å². The molecule has 0 N–H and O–H groups in total. The highest BCUT2D eigenvalue weighted by Crippen LogP contribution is 2.38. The molecule has 3 saturated heterocycles. The number of amides is 2. The summed E-state index contributed by atoms with van der Waals surface area (Å²) in [6.07, 6.45) is 1.75. The zero-order chi connectivity index (χ0) is 17.1. The van der Waals surface area contributed by atoms with Crippen LogP contribution < -0.4 is 9.80 Å². The van der Waals surface area contributed by atoms with Crippen molar-refractivity contribution < 1.29 is 18.0 Å². The predicted molar refractivity (Wildman–Crippen MR) is 90.8 cm³/mol. The standard InChI is InChI=1S/C17H20N2O4S/c1-11-7-13(4-5-14(11)18-6-2-3-16(18)20)19-15-10-24(22,23)9-12(15)8-17(19)21/h4-5,7,12,15H,2-3,6,8-10H2,1H3/t12-,15-/m1/s1. The zero-order valence-electron chi connectivity index (χ0n) is 13.6. The van der Waals surface area contributed by atoms with Crippen LogP contribution in [0.4, 0.5) is 11.4 Å². The fraction of sp³-hybridized carbons (Fsp3) is 0.529. The number of rotatable bonds is 2. The van der Waals surface area contributed by atoms with Gasteiger partial charge in [0.2, 0.25) is 11.8 Å². The third-order valence-corrected chi connectivity index (χ3v) is 7.08. The molecule has 2 atom stereocenters. The number of hydrogen-bond donors (Lipinski definition) is 0. The van der Waals surface area contributed by atoms with E-state index in [0.29, 0.717) is 12.8 Å². The van der Waals surface area contributed by atoms with Crippen LogP contribution in [0.1, 0.15) is 24.8 Å². The Labute approximate surface area is 141 Å². The second-order valence-corrected chi connectivity index (χ2v) is 9.15. The van der Waals surface area contributed by atoms with Gasteiger partial charge in [-0.3, -0.25) is 9.59 Å². The zero-order valence-corrected chi connectivity index (χ0v) is 14.4. The molecule has 0 radical (unpaired) electrons.